The highest BCUT2D eigenvalue weighted by atomic mass is 16.5. The third kappa shape index (κ3) is 0.963. The number of hydrogen-bond acceptors (Lipinski definition) is 3. The summed E-state index contributed by atoms with van der Waals surface area (Å²) in [6, 6.07) is 0. The molecule has 3 unspecified atom stereocenters. The van der Waals surface area contributed by atoms with Crippen LogP contribution in [-0.2, 0) is 14.3 Å². The van der Waals surface area contributed by atoms with Gasteiger partial charge in [-0.2, -0.15) is 0 Å². The second-order valence-electron chi connectivity index (χ2n) is 5.69. The molecule has 2 bridgehead atoms. The van der Waals surface area contributed by atoms with Crippen molar-refractivity contribution in [1.29, 1.82) is 0 Å². The van der Waals surface area contributed by atoms with Crippen molar-refractivity contribution in [3.8, 4) is 0 Å². The molecule has 1 radical (unpaired) electrons. The van der Waals surface area contributed by atoms with Crippen LogP contribution in [0.3, 0.4) is 0 Å². The zero-order chi connectivity index (χ0) is 11.3. The Morgan fingerprint density at radius 1 is 1.40 bits per heavy atom. The van der Waals surface area contributed by atoms with Gasteiger partial charge in [-0.05, 0) is 30.6 Å². The van der Waals surface area contributed by atoms with E-state index >= 15 is 0 Å². The molecule has 2 aliphatic carbocycles. The summed E-state index contributed by atoms with van der Waals surface area (Å²) in [5, 5.41) is 0. The van der Waals surface area contributed by atoms with Gasteiger partial charge in [0.1, 0.15) is 0 Å². The molecule has 0 amide bonds. The molecule has 0 aromatic carbocycles. The predicted molar refractivity (Wildman–Crippen MR) is 54.8 cm³/mol. The first-order valence-electron chi connectivity index (χ1n) is 5.45. The Balaban J connectivity index is 2.47. The molecular weight excluding hydrogens is 192 g/mol. The van der Waals surface area contributed by atoms with Gasteiger partial charge in [0.25, 0.3) is 0 Å². The molecule has 0 aliphatic heterocycles. The summed E-state index contributed by atoms with van der Waals surface area (Å²) in [5.74, 6) is 0.473. The Hall–Kier alpha value is -0.860. The lowest BCUT2D eigenvalue weighted by molar-refractivity contribution is -0.138. The Labute approximate surface area is 90.2 Å². The topological polar surface area (TPSA) is 43.4 Å². The first-order chi connectivity index (χ1) is 6.93. The van der Waals surface area contributed by atoms with Crippen LogP contribution in [0.4, 0.5) is 0 Å². The third-order valence-electron chi connectivity index (χ3n) is 5.33. The lowest BCUT2D eigenvalue weighted by Crippen LogP contribution is -2.50. The Bertz CT molecular complexity index is 310. The fourth-order valence-electron chi connectivity index (χ4n) is 3.73. The van der Waals surface area contributed by atoms with Crippen LogP contribution < -0.4 is 0 Å². The molecule has 15 heavy (non-hydrogen) atoms. The normalized spacial score (nSPS) is 46.5. The van der Waals surface area contributed by atoms with Gasteiger partial charge in [0.15, 0.2) is 11.9 Å². The van der Waals surface area contributed by atoms with Gasteiger partial charge >= 0.3 is 6.47 Å². The maximum atomic E-state index is 11.3. The van der Waals surface area contributed by atoms with Crippen LogP contribution in [0.5, 0.6) is 0 Å². The standard InChI is InChI=1S/C12H17O3/c1-10(2)9-4-5-11(10,3)12(6-9,7-13)15-8-14/h7,9H,4-6H2,1-3H3. The molecule has 3 atom stereocenters. The van der Waals surface area contributed by atoms with Crippen molar-refractivity contribution in [2.24, 2.45) is 16.7 Å². The molecule has 2 rings (SSSR count). The zero-order valence-corrected chi connectivity index (χ0v) is 9.50. The van der Waals surface area contributed by atoms with Crippen LogP contribution in [0.25, 0.3) is 0 Å². The number of hydrogen-bond donors (Lipinski definition) is 0. The summed E-state index contributed by atoms with van der Waals surface area (Å²) >= 11 is 0. The molecule has 3 nitrogen and oxygen atoms in total. The van der Waals surface area contributed by atoms with Gasteiger partial charge in [-0.15, -0.1) is 0 Å². The molecule has 2 fully saturated rings. The van der Waals surface area contributed by atoms with E-state index in [-0.39, 0.29) is 10.8 Å². The van der Waals surface area contributed by atoms with Crippen LogP contribution in [0.1, 0.15) is 40.0 Å². The Morgan fingerprint density at radius 2 is 2.07 bits per heavy atom. The minimum Gasteiger partial charge on any atom is -0.442 e. The van der Waals surface area contributed by atoms with E-state index in [1.807, 2.05) is 0 Å². The maximum Gasteiger partial charge on any atom is 0.418 e. The minimum atomic E-state index is -0.929. The first kappa shape index (κ1) is 10.7. The van der Waals surface area contributed by atoms with Gasteiger partial charge in [-0.1, -0.05) is 20.8 Å². The highest BCUT2D eigenvalue weighted by Crippen LogP contribution is 2.69. The molecule has 0 aromatic heterocycles. The van der Waals surface area contributed by atoms with Gasteiger partial charge in [0.05, 0.1) is 0 Å². The fraction of sp³-hybridized carbons (Fsp3) is 0.833. The van der Waals surface area contributed by atoms with Gasteiger partial charge < -0.3 is 4.74 Å². The lowest BCUT2D eigenvalue weighted by atomic mass is 9.65. The van der Waals surface area contributed by atoms with Crippen molar-refractivity contribution in [3.05, 3.63) is 0 Å². The van der Waals surface area contributed by atoms with Gasteiger partial charge in [0, 0.05) is 5.41 Å². The molecule has 0 aromatic rings. The van der Waals surface area contributed by atoms with Crippen molar-refractivity contribution < 1.29 is 14.3 Å². The van der Waals surface area contributed by atoms with Crippen LogP contribution >= 0.6 is 0 Å². The fourth-order valence-corrected chi connectivity index (χ4v) is 3.73. The molecule has 0 saturated heterocycles. The maximum absolute atomic E-state index is 11.3. The number of carbonyl (C=O) groups excluding carboxylic acids is 2. The minimum absolute atomic E-state index is 0.0603. The third-order valence-corrected chi connectivity index (χ3v) is 5.33. The summed E-state index contributed by atoms with van der Waals surface area (Å²) < 4.78 is 5.04. The lowest BCUT2D eigenvalue weighted by Gasteiger charge is -2.43. The summed E-state index contributed by atoms with van der Waals surface area (Å²) in [5.41, 5.74) is -1.10. The monoisotopic (exact) mass is 209 g/mol. The number of rotatable bonds is 3. The van der Waals surface area contributed by atoms with Crippen LogP contribution in [0, 0.1) is 16.7 Å². The van der Waals surface area contributed by atoms with Crippen molar-refractivity contribution in [2.45, 2.75) is 45.6 Å². The van der Waals surface area contributed by atoms with Crippen molar-refractivity contribution >= 4 is 12.8 Å². The van der Waals surface area contributed by atoms with E-state index in [1.165, 1.54) is 6.47 Å². The quantitative estimate of drug-likeness (QED) is 0.666. The summed E-state index contributed by atoms with van der Waals surface area (Å²) in [6.45, 7) is 7.87. The molecular formula is C12H17O3. The van der Waals surface area contributed by atoms with Crippen molar-refractivity contribution in [1.82, 2.24) is 0 Å². The van der Waals surface area contributed by atoms with E-state index in [4.69, 9.17) is 4.74 Å². The van der Waals surface area contributed by atoms with Gasteiger partial charge in [0.2, 0.25) is 0 Å². The van der Waals surface area contributed by atoms with Crippen LogP contribution in [0.2, 0.25) is 0 Å². The van der Waals surface area contributed by atoms with E-state index in [9.17, 15) is 9.59 Å². The van der Waals surface area contributed by atoms with Crippen molar-refractivity contribution in [3.63, 3.8) is 0 Å². The molecule has 0 spiro atoms. The predicted octanol–water partition coefficient (Wildman–Crippen LogP) is 1.85. The Morgan fingerprint density at radius 3 is 2.40 bits per heavy atom. The van der Waals surface area contributed by atoms with Crippen molar-refractivity contribution in [2.75, 3.05) is 0 Å². The molecule has 0 heterocycles. The van der Waals surface area contributed by atoms with E-state index in [0.29, 0.717) is 12.3 Å². The van der Waals surface area contributed by atoms with Gasteiger partial charge in [-0.25, -0.2) is 4.79 Å². The first-order valence-corrected chi connectivity index (χ1v) is 5.45. The van der Waals surface area contributed by atoms with Gasteiger partial charge in [-0.3, -0.25) is 4.79 Å². The molecule has 3 heteroatoms. The molecule has 0 N–H and O–H groups in total. The molecule has 2 aliphatic rings. The SMILES string of the molecule is CC1(C)C2CCC1(C)C(C=O)(O[C]=O)C2. The largest absolute Gasteiger partial charge is 0.442 e. The number of carbonyl (C=O) groups is 1. The average Bonchev–Trinajstić information content (AvgIpc) is 2.50. The molecule has 83 valence electrons. The number of fused-ring (bicyclic) bond motifs is 2. The highest BCUT2D eigenvalue weighted by molar-refractivity contribution is 5.69. The van der Waals surface area contributed by atoms with E-state index < -0.39 is 5.60 Å². The van der Waals surface area contributed by atoms with Crippen LogP contribution in [0.15, 0.2) is 0 Å². The molecule has 2 saturated carbocycles. The summed E-state index contributed by atoms with van der Waals surface area (Å²) in [7, 11) is 0. The number of aldehydes is 1. The van der Waals surface area contributed by atoms with Crippen LogP contribution in [-0.4, -0.2) is 18.4 Å². The van der Waals surface area contributed by atoms with E-state index in [2.05, 4.69) is 20.8 Å². The zero-order valence-electron chi connectivity index (χ0n) is 9.50. The second kappa shape index (κ2) is 2.83. The smallest absolute Gasteiger partial charge is 0.418 e. The summed E-state index contributed by atoms with van der Waals surface area (Å²) in [6.07, 6.45) is 3.56. The highest BCUT2D eigenvalue weighted by Gasteiger charge is 2.70. The number of ether oxygens (including phenoxy) is 1. The van der Waals surface area contributed by atoms with E-state index in [0.717, 1.165) is 19.1 Å². The average molecular weight is 209 g/mol. The Kier molecular flexibility index (Phi) is 2.01. The summed E-state index contributed by atoms with van der Waals surface area (Å²) in [4.78, 5) is 21.7. The van der Waals surface area contributed by atoms with E-state index in [1.54, 1.807) is 0 Å². The second-order valence-corrected chi connectivity index (χ2v) is 5.69.